The van der Waals surface area contributed by atoms with Gasteiger partial charge >= 0.3 is 6.09 Å². The summed E-state index contributed by atoms with van der Waals surface area (Å²) in [6, 6.07) is 6.64. The summed E-state index contributed by atoms with van der Waals surface area (Å²) < 4.78 is 5.20. The first-order valence-corrected chi connectivity index (χ1v) is 11.7. The molecule has 0 spiro atoms. The Balaban J connectivity index is 2.37. The second kappa shape index (κ2) is 12.4. The van der Waals surface area contributed by atoms with Gasteiger partial charge in [-0.2, -0.15) is 5.26 Å². The fraction of sp³-hybridized carbons (Fsp3) is 0.600. The predicted molar refractivity (Wildman–Crippen MR) is 127 cm³/mol. The lowest BCUT2D eigenvalue weighted by Crippen LogP contribution is -2.55. The van der Waals surface area contributed by atoms with Crippen molar-refractivity contribution in [2.45, 2.75) is 83.5 Å². The molecule has 186 valence electrons. The van der Waals surface area contributed by atoms with Gasteiger partial charge in [-0.3, -0.25) is 9.59 Å². The molecule has 0 aromatic heterocycles. The molecule has 1 aromatic carbocycles. The number of aryl methyl sites for hydroxylation is 1. The van der Waals surface area contributed by atoms with Gasteiger partial charge in [-0.15, -0.1) is 0 Å². The molecule has 3 N–H and O–H groups in total. The van der Waals surface area contributed by atoms with Crippen LogP contribution in [0.5, 0.6) is 0 Å². The third kappa shape index (κ3) is 7.73. The minimum absolute atomic E-state index is 0.000309. The third-order valence-corrected chi connectivity index (χ3v) is 5.69. The third-order valence-electron chi connectivity index (χ3n) is 5.69. The van der Waals surface area contributed by atoms with E-state index in [1.54, 1.807) is 32.9 Å². The van der Waals surface area contributed by atoms with Gasteiger partial charge in [0.05, 0.1) is 12.7 Å². The molecule has 9 heteroatoms. The number of alkyl carbamates (subject to hydrolysis) is 1. The van der Waals surface area contributed by atoms with Crippen LogP contribution in [-0.4, -0.2) is 58.8 Å². The molecule has 1 saturated carbocycles. The van der Waals surface area contributed by atoms with Crippen LogP contribution in [0.2, 0.25) is 0 Å². The number of nitrogens with zero attached hydrogens (tertiary/aromatic N) is 2. The highest BCUT2D eigenvalue weighted by atomic mass is 16.6. The van der Waals surface area contributed by atoms with E-state index in [2.05, 4.69) is 10.6 Å². The van der Waals surface area contributed by atoms with Crippen molar-refractivity contribution in [3.63, 3.8) is 0 Å². The molecule has 0 saturated heterocycles. The monoisotopic (exact) mass is 472 g/mol. The van der Waals surface area contributed by atoms with Crippen LogP contribution < -0.4 is 10.6 Å². The van der Waals surface area contributed by atoms with E-state index in [1.165, 1.54) is 0 Å². The molecule has 2 rings (SSSR count). The number of rotatable bonds is 8. The highest BCUT2D eigenvalue weighted by Crippen LogP contribution is 2.27. The highest BCUT2D eigenvalue weighted by Gasteiger charge is 2.37. The maximum Gasteiger partial charge on any atom is 0.408 e. The number of nitrogens with one attached hydrogen (secondary N) is 2. The maximum absolute atomic E-state index is 13.5. The number of aliphatic hydroxyl groups excluding tert-OH is 1. The van der Waals surface area contributed by atoms with Gasteiger partial charge in [0, 0.05) is 6.04 Å². The lowest BCUT2D eigenvalue weighted by atomic mass is 9.94. The summed E-state index contributed by atoms with van der Waals surface area (Å²) >= 11 is 0. The molecule has 1 fully saturated rings. The summed E-state index contributed by atoms with van der Waals surface area (Å²) in [5.41, 5.74) is 0.555. The number of nitriles is 1. The van der Waals surface area contributed by atoms with Crippen LogP contribution in [-0.2, 0) is 14.3 Å². The number of benzene rings is 1. The van der Waals surface area contributed by atoms with Crippen LogP contribution in [0, 0.1) is 18.3 Å². The Morgan fingerprint density at radius 2 is 1.85 bits per heavy atom. The first-order valence-electron chi connectivity index (χ1n) is 11.7. The van der Waals surface area contributed by atoms with E-state index in [1.807, 2.05) is 25.1 Å². The van der Waals surface area contributed by atoms with E-state index in [-0.39, 0.29) is 6.04 Å². The normalized spacial score (nSPS) is 16.0. The van der Waals surface area contributed by atoms with Gasteiger partial charge in [0.15, 0.2) is 0 Å². The van der Waals surface area contributed by atoms with Gasteiger partial charge in [-0.1, -0.05) is 43.5 Å². The maximum atomic E-state index is 13.5. The zero-order valence-electron chi connectivity index (χ0n) is 20.5. The zero-order valence-corrected chi connectivity index (χ0v) is 20.5. The SMILES string of the molecule is Cc1ccccc1C(C(=O)NC1CCCCC1)N(CC#N)C(=O)C(CO)NC(=O)OC(C)(C)C. The Hall–Kier alpha value is -3.12. The standard InChI is InChI=1S/C25H36N4O5/c1-17-10-8-9-13-19(17)21(22(31)27-18-11-6-5-7-12-18)29(15-14-26)23(32)20(16-30)28-24(33)34-25(2,3)4/h8-10,13,18,20-21,30H,5-7,11-12,15-16H2,1-4H3,(H,27,31)(H,28,33). The Morgan fingerprint density at radius 3 is 2.41 bits per heavy atom. The predicted octanol–water partition coefficient (Wildman–Crippen LogP) is 2.72. The van der Waals surface area contributed by atoms with E-state index in [9.17, 15) is 24.8 Å². The molecular formula is C25H36N4O5. The second-order valence-corrected chi connectivity index (χ2v) is 9.61. The van der Waals surface area contributed by atoms with Gasteiger partial charge in [-0.25, -0.2) is 4.79 Å². The fourth-order valence-corrected chi connectivity index (χ4v) is 4.08. The number of carbonyl (C=O) groups is 3. The minimum Gasteiger partial charge on any atom is -0.444 e. The van der Waals surface area contributed by atoms with Crippen molar-refractivity contribution < 1.29 is 24.2 Å². The van der Waals surface area contributed by atoms with Crippen LogP contribution in [0.15, 0.2) is 24.3 Å². The Kier molecular flexibility index (Phi) is 9.87. The van der Waals surface area contributed by atoms with Gasteiger partial charge in [0.1, 0.15) is 24.2 Å². The first-order chi connectivity index (χ1) is 16.1. The summed E-state index contributed by atoms with van der Waals surface area (Å²) in [5, 5.41) is 24.8. The first kappa shape index (κ1) is 27.1. The van der Waals surface area contributed by atoms with Crippen molar-refractivity contribution in [3.8, 4) is 6.07 Å². The minimum atomic E-state index is -1.38. The van der Waals surface area contributed by atoms with Gasteiger partial charge in [0.25, 0.3) is 0 Å². The Morgan fingerprint density at radius 1 is 1.21 bits per heavy atom. The van der Waals surface area contributed by atoms with Gasteiger partial charge in [0.2, 0.25) is 11.8 Å². The molecule has 1 aliphatic carbocycles. The zero-order chi connectivity index (χ0) is 25.3. The molecule has 9 nitrogen and oxygen atoms in total. The van der Waals surface area contributed by atoms with Crippen LogP contribution in [0.25, 0.3) is 0 Å². The van der Waals surface area contributed by atoms with Crippen molar-refractivity contribution in [2.24, 2.45) is 0 Å². The Labute approximate surface area is 201 Å². The van der Waals surface area contributed by atoms with Gasteiger partial charge < -0.3 is 25.4 Å². The second-order valence-electron chi connectivity index (χ2n) is 9.61. The van der Waals surface area contributed by atoms with E-state index >= 15 is 0 Å². The summed E-state index contributed by atoms with van der Waals surface area (Å²) in [7, 11) is 0. The van der Waals surface area contributed by atoms with Crippen molar-refractivity contribution in [1.82, 2.24) is 15.5 Å². The molecule has 1 aromatic rings. The molecule has 0 aliphatic heterocycles. The van der Waals surface area contributed by atoms with Crippen molar-refractivity contribution >= 4 is 17.9 Å². The summed E-state index contributed by atoms with van der Waals surface area (Å²) in [6.07, 6.45) is 4.01. The van der Waals surface area contributed by atoms with E-state index in [4.69, 9.17) is 4.74 Å². The number of carbonyl (C=O) groups excluding carboxylic acids is 3. The molecular weight excluding hydrogens is 436 g/mol. The summed E-state index contributed by atoms with van der Waals surface area (Å²) in [4.78, 5) is 40.3. The summed E-state index contributed by atoms with van der Waals surface area (Å²) in [6.45, 7) is 5.73. The number of hydrogen-bond acceptors (Lipinski definition) is 6. The molecule has 0 radical (unpaired) electrons. The molecule has 2 atom stereocenters. The van der Waals surface area contributed by atoms with Crippen molar-refractivity contribution in [2.75, 3.05) is 13.2 Å². The van der Waals surface area contributed by atoms with E-state index < -0.39 is 48.7 Å². The van der Waals surface area contributed by atoms with E-state index in [0.29, 0.717) is 5.56 Å². The average molecular weight is 473 g/mol. The van der Waals surface area contributed by atoms with Gasteiger partial charge in [-0.05, 0) is 51.7 Å². The molecule has 0 bridgehead atoms. The molecule has 3 amide bonds. The number of aliphatic hydroxyl groups is 1. The van der Waals surface area contributed by atoms with E-state index in [0.717, 1.165) is 42.6 Å². The number of hydrogen-bond donors (Lipinski definition) is 3. The molecule has 34 heavy (non-hydrogen) atoms. The highest BCUT2D eigenvalue weighted by molar-refractivity contribution is 5.92. The molecule has 0 heterocycles. The van der Waals surface area contributed by atoms with Crippen LogP contribution in [0.4, 0.5) is 4.79 Å². The van der Waals surface area contributed by atoms with Crippen molar-refractivity contribution in [1.29, 1.82) is 5.26 Å². The smallest absolute Gasteiger partial charge is 0.408 e. The summed E-state index contributed by atoms with van der Waals surface area (Å²) in [5.74, 6) is -1.14. The number of amides is 3. The lowest BCUT2D eigenvalue weighted by Gasteiger charge is -2.34. The lowest BCUT2D eigenvalue weighted by molar-refractivity contribution is -0.142. The topological polar surface area (TPSA) is 132 Å². The molecule has 1 aliphatic rings. The van der Waals surface area contributed by atoms with Crippen LogP contribution >= 0.6 is 0 Å². The van der Waals surface area contributed by atoms with Crippen LogP contribution in [0.1, 0.15) is 70.0 Å². The van der Waals surface area contributed by atoms with Crippen LogP contribution in [0.3, 0.4) is 0 Å². The van der Waals surface area contributed by atoms with Crippen molar-refractivity contribution in [3.05, 3.63) is 35.4 Å². The molecule has 2 unspecified atom stereocenters. The fourth-order valence-electron chi connectivity index (χ4n) is 4.08. The number of ether oxygens (including phenoxy) is 1. The largest absolute Gasteiger partial charge is 0.444 e. The average Bonchev–Trinajstić information content (AvgIpc) is 2.77. The Bertz CT molecular complexity index is 899. The quantitative estimate of drug-likeness (QED) is 0.499.